The number of para-hydroxylation sites is 1. The van der Waals surface area contributed by atoms with Crippen LogP contribution in [0.2, 0.25) is 0 Å². The second kappa shape index (κ2) is 5.21. The predicted molar refractivity (Wildman–Crippen MR) is 56.2 cm³/mol. The van der Waals surface area contributed by atoms with Crippen molar-refractivity contribution in [2.45, 2.75) is 19.4 Å². The Morgan fingerprint density at radius 1 is 1.47 bits per heavy atom. The molecule has 0 radical (unpaired) electrons. The maximum atomic E-state index is 11.1. The Kier molecular flexibility index (Phi) is 4.16. The molecule has 1 N–H and O–H groups in total. The molecule has 0 saturated carbocycles. The van der Waals surface area contributed by atoms with Crippen molar-refractivity contribution in [2.24, 2.45) is 0 Å². The second-order valence-corrected chi connectivity index (χ2v) is 4.10. The molecule has 94 valence electrons. The van der Waals surface area contributed by atoms with Crippen molar-refractivity contribution < 1.29 is 27.3 Å². The minimum Gasteiger partial charge on any atom is -0.726 e. The van der Waals surface area contributed by atoms with Crippen molar-refractivity contribution in [3.63, 3.8) is 0 Å². The first-order valence-electron chi connectivity index (χ1n) is 4.74. The Bertz CT molecular complexity index is 504. The van der Waals surface area contributed by atoms with Gasteiger partial charge in [0, 0.05) is 6.07 Å². The van der Waals surface area contributed by atoms with E-state index < -0.39 is 10.4 Å². The molecule has 17 heavy (non-hydrogen) atoms. The molecule has 1 aromatic carbocycles. The zero-order valence-electron chi connectivity index (χ0n) is 8.94. The van der Waals surface area contributed by atoms with Crippen LogP contribution >= 0.6 is 0 Å². The Hall–Kier alpha value is -1.51. The lowest BCUT2D eigenvalue weighted by Crippen LogP contribution is -1.96. The molecule has 1 aromatic rings. The van der Waals surface area contributed by atoms with E-state index in [0.29, 0.717) is 10.6 Å². The zero-order chi connectivity index (χ0) is 13.1. The lowest BCUT2D eigenvalue weighted by atomic mass is 10.1. The predicted octanol–water partition coefficient (Wildman–Crippen LogP) is 1.50. The third-order valence-corrected chi connectivity index (χ3v) is 2.07. The molecule has 0 fully saturated rings. The van der Waals surface area contributed by atoms with E-state index in [-0.39, 0.29) is 6.10 Å². The van der Waals surface area contributed by atoms with Crippen LogP contribution in [0.15, 0.2) is 24.3 Å². The summed E-state index contributed by atoms with van der Waals surface area (Å²) in [5.74, 6) is 0. The van der Waals surface area contributed by atoms with Crippen LogP contribution < -0.4 is 0 Å². The molecule has 0 bridgehead atoms. The van der Waals surface area contributed by atoms with Gasteiger partial charge in [-0.15, -0.1) is 0 Å². The highest BCUT2D eigenvalue weighted by Gasteiger charge is 2.37. The standard InChI is InChI=1S/C9H10NO2.H2O4S/c1-2-9-7-5-3-4-6-8(7)10(11)12-9;1-5(2,3)4/h3-6,9H,2H2,1H3;(H2,1,2,3,4)/q+1;/p-1. The van der Waals surface area contributed by atoms with Crippen LogP contribution in [0.3, 0.4) is 0 Å². The van der Waals surface area contributed by atoms with Gasteiger partial charge >= 0.3 is 5.69 Å². The lowest BCUT2D eigenvalue weighted by molar-refractivity contribution is -0.745. The molecule has 1 heterocycles. The molecule has 7 nitrogen and oxygen atoms in total. The van der Waals surface area contributed by atoms with Gasteiger partial charge in [0.2, 0.25) is 16.5 Å². The van der Waals surface area contributed by atoms with Gasteiger partial charge in [-0.05, 0) is 12.5 Å². The van der Waals surface area contributed by atoms with Crippen molar-refractivity contribution in [3.8, 4) is 0 Å². The Morgan fingerprint density at radius 2 is 2.00 bits per heavy atom. The van der Waals surface area contributed by atoms with E-state index in [1.165, 1.54) is 0 Å². The molecule has 0 spiro atoms. The van der Waals surface area contributed by atoms with Gasteiger partial charge in [0.25, 0.3) is 4.92 Å². The molecule has 0 amide bonds. The number of hydrogen-bond donors (Lipinski definition) is 1. The minimum atomic E-state index is -4.92. The maximum Gasteiger partial charge on any atom is 0.323 e. The van der Waals surface area contributed by atoms with Crippen molar-refractivity contribution in [1.82, 2.24) is 0 Å². The molecule has 8 heteroatoms. The fourth-order valence-electron chi connectivity index (χ4n) is 1.45. The molecule has 1 unspecified atom stereocenters. The molecular formula is C9H11NO6S. The number of rotatable bonds is 1. The van der Waals surface area contributed by atoms with E-state index >= 15 is 0 Å². The first kappa shape index (κ1) is 13.6. The van der Waals surface area contributed by atoms with Crippen LogP contribution in [0.4, 0.5) is 5.69 Å². The van der Waals surface area contributed by atoms with Gasteiger partial charge in [-0.2, -0.15) is 0 Å². The Labute approximate surface area is 98.1 Å². The van der Waals surface area contributed by atoms with Crippen LogP contribution in [0, 0.1) is 4.91 Å². The van der Waals surface area contributed by atoms with Gasteiger partial charge < -0.3 is 4.55 Å². The lowest BCUT2D eigenvalue weighted by Gasteiger charge is -1.96. The largest absolute Gasteiger partial charge is 0.726 e. The second-order valence-electron chi connectivity index (χ2n) is 3.25. The summed E-state index contributed by atoms with van der Waals surface area (Å²) in [6, 6.07) is 7.47. The van der Waals surface area contributed by atoms with Gasteiger partial charge in [0.05, 0.1) is 10.5 Å². The fraction of sp³-hybridized carbons (Fsp3) is 0.333. The monoisotopic (exact) mass is 261 g/mol. The fourth-order valence-corrected chi connectivity index (χ4v) is 1.45. The van der Waals surface area contributed by atoms with Gasteiger partial charge in [-0.25, -0.2) is 13.3 Å². The number of hydrogen-bond acceptors (Lipinski definition) is 5. The summed E-state index contributed by atoms with van der Waals surface area (Å²) in [6.07, 6.45) is 0.772. The molecule has 0 saturated heterocycles. The van der Waals surface area contributed by atoms with Crippen LogP contribution in [0.25, 0.3) is 0 Å². The van der Waals surface area contributed by atoms with Crippen LogP contribution in [0.5, 0.6) is 0 Å². The molecule has 1 aliphatic rings. The molecule has 1 atom stereocenters. The van der Waals surface area contributed by atoms with E-state index in [0.717, 1.165) is 12.0 Å². The first-order chi connectivity index (χ1) is 7.83. The van der Waals surface area contributed by atoms with Crippen LogP contribution in [-0.4, -0.2) is 22.4 Å². The maximum absolute atomic E-state index is 11.1. The summed E-state index contributed by atoms with van der Waals surface area (Å²) in [7, 11) is -4.92. The normalized spacial score (nSPS) is 17.8. The topological polar surface area (TPSA) is 107 Å². The van der Waals surface area contributed by atoms with Crippen molar-refractivity contribution in [3.05, 3.63) is 34.7 Å². The molecule has 2 rings (SSSR count). The summed E-state index contributed by atoms with van der Waals surface area (Å²) in [5.41, 5.74) is 1.64. The van der Waals surface area contributed by atoms with Gasteiger partial charge in [-0.1, -0.05) is 19.1 Å². The average molecular weight is 261 g/mol. The summed E-state index contributed by atoms with van der Waals surface area (Å²) >= 11 is 0. The number of nitrogens with zero attached hydrogens (tertiary/aromatic N) is 1. The molecular weight excluding hydrogens is 250 g/mol. The zero-order valence-corrected chi connectivity index (χ0v) is 9.75. The van der Waals surface area contributed by atoms with Gasteiger partial charge in [0.1, 0.15) is 0 Å². The Morgan fingerprint density at radius 3 is 2.53 bits per heavy atom. The highest BCUT2D eigenvalue weighted by Crippen LogP contribution is 2.36. The molecule has 0 aromatic heterocycles. The molecule has 1 aliphatic heterocycles. The van der Waals surface area contributed by atoms with Crippen LogP contribution in [-0.2, 0) is 15.2 Å². The quantitative estimate of drug-likeness (QED) is 0.606. The van der Waals surface area contributed by atoms with E-state index in [4.69, 9.17) is 22.4 Å². The highest BCUT2D eigenvalue weighted by atomic mass is 32.3. The Balaban J connectivity index is 0.000000249. The van der Waals surface area contributed by atoms with Crippen molar-refractivity contribution in [2.75, 3.05) is 0 Å². The summed E-state index contributed by atoms with van der Waals surface area (Å²) in [4.78, 5) is 16.8. The third-order valence-electron chi connectivity index (χ3n) is 2.07. The first-order valence-corrected chi connectivity index (χ1v) is 6.10. The summed E-state index contributed by atoms with van der Waals surface area (Å²) in [6.45, 7) is 2.00. The van der Waals surface area contributed by atoms with Gasteiger partial charge in [0.15, 0.2) is 0 Å². The van der Waals surface area contributed by atoms with Crippen molar-refractivity contribution >= 4 is 16.1 Å². The van der Waals surface area contributed by atoms with E-state index in [1.54, 1.807) is 6.07 Å². The number of fused-ring (bicyclic) bond motifs is 1. The van der Waals surface area contributed by atoms with E-state index in [2.05, 4.69) is 0 Å². The smallest absolute Gasteiger partial charge is 0.323 e. The SMILES string of the molecule is CCC1O[N+](=O)c2ccccc21.O=S(=O)([O-])O. The molecule has 0 aliphatic carbocycles. The minimum absolute atomic E-state index is 0.0568. The van der Waals surface area contributed by atoms with Gasteiger partial charge in [-0.3, -0.25) is 4.55 Å². The summed E-state index contributed by atoms with van der Waals surface area (Å²) < 4.78 is 32.8. The van der Waals surface area contributed by atoms with E-state index in [9.17, 15) is 4.91 Å². The summed E-state index contributed by atoms with van der Waals surface area (Å²) in [5, 5.41) is 0. The number of benzene rings is 1. The highest BCUT2D eigenvalue weighted by molar-refractivity contribution is 7.79. The van der Waals surface area contributed by atoms with E-state index in [1.807, 2.05) is 25.1 Å². The third kappa shape index (κ3) is 4.10. The van der Waals surface area contributed by atoms with Crippen LogP contribution in [0.1, 0.15) is 25.0 Å². The average Bonchev–Trinajstić information content (AvgIpc) is 2.54. The van der Waals surface area contributed by atoms with Crippen molar-refractivity contribution in [1.29, 1.82) is 0 Å².